The summed E-state index contributed by atoms with van der Waals surface area (Å²) >= 11 is 6.47. The second-order valence-corrected chi connectivity index (χ2v) is 12.5. The molecule has 4 heterocycles. The number of aromatic nitrogens is 3. The van der Waals surface area contributed by atoms with Gasteiger partial charge in [0.15, 0.2) is 0 Å². The van der Waals surface area contributed by atoms with Crippen molar-refractivity contribution in [2.45, 2.75) is 18.9 Å². The summed E-state index contributed by atoms with van der Waals surface area (Å²) in [5.74, 6) is 1.03. The molecule has 0 spiro atoms. The summed E-state index contributed by atoms with van der Waals surface area (Å²) in [6.07, 6.45) is 5.02. The maximum atomic E-state index is 12.0. The van der Waals surface area contributed by atoms with Crippen LogP contribution in [-0.2, 0) is 10.3 Å². The Balaban J connectivity index is 1.21. The maximum Gasteiger partial charge on any atom is 0.363 e. The van der Waals surface area contributed by atoms with E-state index < -0.39 is 10.3 Å². The third-order valence-corrected chi connectivity index (χ3v) is 9.30. The van der Waals surface area contributed by atoms with Crippen molar-refractivity contribution in [3.05, 3.63) is 59.9 Å². The molecule has 0 bridgehead atoms. The molecule has 2 aromatic carbocycles. The predicted octanol–water partition coefficient (Wildman–Crippen LogP) is 4.37. The van der Waals surface area contributed by atoms with Crippen LogP contribution < -0.4 is 15.0 Å². The molecule has 0 atom stereocenters. The van der Waals surface area contributed by atoms with E-state index in [1.54, 1.807) is 31.4 Å². The first-order chi connectivity index (χ1) is 20.2. The zero-order valence-corrected chi connectivity index (χ0v) is 25.1. The van der Waals surface area contributed by atoms with Gasteiger partial charge in [-0.05, 0) is 38.1 Å². The van der Waals surface area contributed by atoms with Gasteiger partial charge in [-0.1, -0.05) is 29.8 Å². The third kappa shape index (κ3) is 5.77. The molecule has 2 aromatic heterocycles. The Morgan fingerprint density at radius 2 is 1.79 bits per heavy atom. The molecule has 0 aliphatic carbocycles. The van der Waals surface area contributed by atoms with Gasteiger partial charge in [-0.3, -0.25) is 9.45 Å². The summed E-state index contributed by atoms with van der Waals surface area (Å²) in [7, 11) is -0.670. The van der Waals surface area contributed by atoms with Gasteiger partial charge in [0.2, 0.25) is 5.95 Å². The summed E-state index contributed by atoms with van der Waals surface area (Å²) in [6.45, 7) is 6.50. The van der Waals surface area contributed by atoms with E-state index in [9.17, 15) is 13.0 Å². The molecular weight excluding hydrogens is 578 g/mol. The number of benzene rings is 2. The van der Waals surface area contributed by atoms with Gasteiger partial charge >= 0.3 is 10.3 Å². The lowest BCUT2D eigenvalue weighted by Gasteiger charge is -2.42. The van der Waals surface area contributed by atoms with Gasteiger partial charge in [0.05, 0.1) is 35.2 Å². The second kappa shape index (κ2) is 11.7. The molecule has 2 fully saturated rings. The van der Waals surface area contributed by atoms with Crippen molar-refractivity contribution in [2.75, 3.05) is 63.6 Å². The number of ether oxygens (including phenoxy) is 1. The highest BCUT2D eigenvalue weighted by molar-refractivity contribution is 7.84. The average Bonchev–Trinajstić information content (AvgIpc) is 3.39. The molecule has 222 valence electrons. The number of para-hydroxylation sites is 1. The first-order valence-corrected chi connectivity index (χ1v) is 15.7. The quantitative estimate of drug-likeness (QED) is 0.292. The molecule has 0 amide bonds. The average molecular weight is 612 g/mol. The first kappa shape index (κ1) is 28.7. The first-order valence-electron chi connectivity index (χ1n) is 13.9. The molecule has 2 aliphatic heterocycles. The van der Waals surface area contributed by atoms with Gasteiger partial charge in [0.1, 0.15) is 5.75 Å². The smallest absolute Gasteiger partial charge is 0.363 e. The fourth-order valence-electron chi connectivity index (χ4n) is 5.95. The van der Waals surface area contributed by atoms with Crippen LogP contribution in [0.1, 0.15) is 12.8 Å². The van der Waals surface area contributed by atoms with Crippen molar-refractivity contribution in [1.82, 2.24) is 23.7 Å². The predicted molar refractivity (Wildman–Crippen MR) is 166 cm³/mol. The molecule has 6 rings (SSSR count). The molecule has 2 N–H and O–H groups in total. The van der Waals surface area contributed by atoms with Crippen LogP contribution in [-0.4, -0.2) is 96.2 Å². The van der Waals surface area contributed by atoms with E-state index in [-0.39, 0.29) is 11.0 Å². The number of piperazine rings is 1. The lowest BCUT2D eigenvalue weighted by atomic mass is 10.0. The Bertz CT molecular complexity index is 1700. The van der Waals surface area contributed by atoms with Gasteiger partial charge in [0.25, 0.3) is 0 Å². The minimum absolute atomic E-state index is 0.242. The monoisotopic (exact) mass is 611 g/mol. The van der Waals surface area contributed by atoms with Crippen LogP contribution in [0.2, 0.25) is 5.02 Å². The van der Waals surface area contributed by atoms with Crippen LogP contribution in [0.3, 0.4) is 0 Å². The number of hydrogen-bond donors (Lipinski definition) is 2. The van der Waals surface area contributed by atoms with Crippen molar-refractivity contribution in [3.8, 4) is 17.0 Å². The number of fused-ring (bicyclic) bond motifs is 1. The molecule has 42 heavy (non-hydrogen) atoms. The molecule has 0 unspecified atom stereocenters. The summed E-state index contributed by atoms with van der Waals surface area (Å²) in [5, 5.41) is 4.04. The van der Waals surface area contributed by atoms with Crippen LogP contribution in [0.4, 0.5) is 17.3 Å². The van der Waals surface area contributed by atoms with E-state index in [1.807, 2.05) is 18.2 Å². The highest BCUT2D eigenvalue weighted by Crippen LogP contribution is 2.37. The third-order valence-electron chi connectivity index (χ3n) is 8.22. The number of rotatable bonds is 7. The Morgan fingerprint density at radius 1 is 1.05 bits per heavy atom. The second-order valence-electron chi connectivity index (χ2n) is 10.8. The van der Waals surface area contributed by atoms with E-state index >= 15 is 0 Å². The summed E-state index contributed by atoms with van der Waals surface area (Å²) < 4.78 is 40.4. The lowest BCUT2D eigenvalue weighted by molar-refractivity contribution is 0.0981. The highest BCUT2D eigenvalue weighted by Gasteiger charge is 2.28. The van der Waals surface area contributed by atoms with Gasteiger partial charge in [-0.15, -0.1) is 0 Å². The molecule has 13 heteroatoms. The topological polar surface area (TPSA) is 116 Å². The molecule has 11 nitrogen and oxygen atoms in total. The van der Waals surface area contributed by atoms with Crippen LogP contribution in [0.15, 0.2) is 54.9 Å². The maximum absolute atomic E-state index is 12.0. The molecule has 2 saturated heterocycles. The van der Waals surface area contributed by atoms with Crippen molar-refractivity contribution in [2.24, 2.45) is 0 Å². The molecule has 2 aliphatic rings. The zero-order valence-electron chi connectivity index (χ0n) is 23.6. The number of nitrogens with zero attached hydrogens (tertiary/aromatic N) is 6. The Labute approximate surface area is 250 Å². The number of methoxy groups -OCH3 is 1. The van der Waals surface area contributed by atoms with Gasteiger partial charge in [-0.2, -0.15) is 8.42 Å². The van der Waals surface area contributed by atoms with Crippen LogP contribution in [0, 0.1) is 0 Å². The largest absolute Gasteiger partial charge is 0.495 e. The Kier molecular flexibility index (Phi) is 7.99. The van der Waals surface area contributed by atoms with Crippen LogP contribution >= 0.6 is 11.6 Å². The molecule has 4 aromatic rings. The summed E-state index contributed by atoms with van der Waals surface area (Å²) in [5.41, 5.74) is 2.88. The Morgan fingerprint density at radius 3 is 2.50 bits per heavy atom. The highest BCUT2D eigenvalue weighted by atomic mass is 35.5. The van der Waals surface area contributed by atoms with E-state index in [1.165, 1.54) is 12.4 Å². The van der Waals surface area contributed by atoms with E-state index in [4.69, 9.17) is 16.3 Å². The van der Waals surface area contributed by atoms with Crippen LogP contribution in [0.25, 0.3) is 22.2 Å². The Hall–Kier alpha value is -3.42. The van der Waals surface area contributed by atoms with E-state index in [0.29, 0.717) is 28.2 Å². The number of hydrogen-bond acceptors (Lipinski definition) is 9. The molecule has 0 radical (unpaired) electrons. The van der Waals surface area contributed by atoms with Crippen molar-refractivity contribution in [1.29, 1.82) is 0 Å². The fourth-order valence-corrected chi connectivity index (χ4v) is 6.79. The number of likely N-dealkylation sites (N-methyl/N-ethyl adjacent to an activating group) is 1. The lowest BCUT2D eigenvalue weighted by Crippen LogP contribution is -2.52. The van der Waals surface area contributed by atoms with Gasteiger partial charge < -0.3 is 19.9 Å². The van der Waals surface area contributed by atoms with E-state index in [0.717, 1.165) is 73.2 Å². The summed E-state index contributed by atoms with van der Waals surface area (Å²) in [6, 6.07) is 13.4. The standard InChI is InChI=1S/C29H34ClN7O4S/c1-34-13-15-35(16-14-34)21-9-11-36(12-10-21)26-8-7-20(17-27(26)41-2)32-29-31-18-24(30)28(33-29)23-19-37(42(38,39)40)25-6-4-3-5-22(23)25/h3-8,17-19,21H,9-16H2,1-2H3,(H,31,32,33)(H,38,39,40). The number of nitrogens with one attached hydrogen (secondary N) is 1. The minimum atomic E-state index is -4.53. The van der Waals surface area contributed by atoms with Crippen molar-refractivity contribution in [3.63, 3.8) is 0 Å². The van der Waals surface area contributed by atoms with E-state index in [2.05, 4.69) is 37.0 Å². The van der Waals surface area contributed by atoms with Crippen LogP contribution in [0.5, 0.6) is 5.75 Å². The van der Waals surface area contributed by atoms with Crippen molar-refractivity contribution >= 4 is 50.1 Å². The SMILES string of the molecule is COc1cc(Nc2ncc(Cl)c(-c3cn(S(=O)(=O)O)c4ccccc34)n2)ccc1N1CCC(N2CCN(C)CC2)CC1. The number of anilines is 3. The number of halogens is 1. The normalized spacial score (nSPS) is 17.6. The zero-order chi connectivity index (χ0) is 29.4. The summed E-state index contributed by atoms with van der Waals surface area (Å²) in [4.78, 5) is 16.4. The fraction of sp³-hybridized carbons (Fsp3) is 0.379. The number of piperidine rings is 1. The van der Waals surface area contributed by atoms with Gasteiger partial charge in [0, 0.05) is 74.2 Å². The molecule has 0 saturated carbocycles. The minimum Gasteiger partial charge on any atom is -0.495 e. The molecular formula is C29H34ClN7O4S. The van der Waals surface area contributed by atoms with Crippen molar-refractivity contribution < 1.29 is 17.7 Å². The van der Waals surface area contributed by atoms with Gasteiger partial charge in [-0.25, -0.2) is 13.9 Å².